The number of fused-ring (bicyclic) bond motifs is 1. The molecule has 3 rings (SSSR count). The van der Waals surface area contributed by atoms with Crippen molar-refractivity contribution in [2.75, 3.05) is 11.9 Å². The summed E-state index contributed by atoms with van der Waals surface area (Å²) in [7, 11) is 0. The van der Waals surface area contributed by atoms with Crippen molar-refractivity contribution >= 4 is 35.2 Å². The van der Waals surface area contributed by atoms with Gasteiger partial charge in [-0.25, -0.2) is 0 Å². The van der Waals surface area contributed by atoms with Crippen molar-refractivity contribution in [3.63, 3.8) is 0 Å². The van der Waals surface area contributed by atoms with E-state index in [9.17, 15) is 14.4 Å². The molecule has 136 valence electrons. The van der Waals surface area contributed by atoms with E-state index in [4.69, 9.17) is 9.15 Å². The maximum Gasteiger partial charge on any atom is 0.307 e. The molecule has 2 amide bonds. The first-order valence-corrected chi connectivity index (χ1v) is 8.96. The van der Waals surface area contributed by atoms with Crippen molar-refractivity contribution in [1.82, 2.24) is 5.32 Å². The largest absolute Gasteiger partial charge is 0.467 e. The van der Waals surface area contributed by atoms with Gasteiger partial charge in [-0.15, -0.1) is 11.8 Å². The minimum atomic E-state index is -0.599. The molecule has 0 fully saturated rings. The second-order valence-electron chi connectivity index (χ2n) is 5.76. The van der Waals surface area contributed by atoms with Crippen LogP contribution in [0.15, 0.2) is 52.0 Å². The lowest BCUT2D eigenvalue weighted by atomic mass is 10.2. The number of hydrogen-bond donors (Lipinski definition) is 2. The summed E-state index contributed by atoms with van der Waals surface area (Å²) in [5.41, 5.74) is 0.735. The normalized spacial score (nSPS) is 17.0. The fraction of sp³-hybridized carbons (Fsp3) is 0.278. The Morgan fingerprint density at radius 1 is 1.31 bits per heavy atom. The number of para-hydroxylation sites is 1. The number of benzene rings is 1. The summed E-state index contributed by atoms with van der Waals surface area (Å²) in [5.74, 6) is -0.675. The highest BCUT2D eigenvalue weighted by molar-refractivity contribution is 8.01. The molecule has 0 radical (unpaired) electrons. The summed E-state index contributed by atoms with van der Waals surface area (Å²) < 4.78 is 10.2. The van der Waals surface area contributed by atoms with Crippen LogP contribution in [-0.4, -0.2) is 29.6 Å². The van der Waals surface area contributed by atoms with Crippen molar-refractivity contribution in [3.8, 4) is 0 Å². The third-order valence-corrected chi connectivity index (χ3v) is 5.05. The number of nitrogens with one attached hydrogen (secondary N) is 2. The predicted molar refractivity (Wildman–Crippen MR) is 95.6 cm³/mol. The first-order valence-electron chi connectivity index (χ1n) is 8.08. The van der Waals surface area contributed by atoms with Crippen molar-refractivity contribution in [3.05, 3.63) is 48.4 Å². The Morgan fingerprint density at radius 2 is 2.12 bits per heavy atom. The van der Waals surface area contributed by atoms with Crippen LogP contribution in [0.2, 0.25) is 0 Å². The minimum Gasteiger partial charge on any atom is -0.467 e. The first-order chi connectivity index (χ1) is 12.5. The van der Waals surface area contributed by atoms with Crippen LogP contribution in [-0.2, 0) is 19.1 Å². The molecule has 2 N–H and O–H groups in total. The molecule has 1 aliphatic rings. The number of carbonyl (C=O) groups is 3. The fourth-order valence-electron chi connectivity index (χ4n) is 2.48. The Hall–Kier alpha value is -2.74. The van der Waals surface area contributed by atoms with Crippen LogP contribution in [0, 0.1) is 0 Å². The Morgan fingerprint density at radius 3 is 2.88 bits per heavy atom. The summed E-state index contributed by atoms with van der Waals surface area (Å²) >= 11 is 1.31. The van der Waals surface area contributed by atoms with Crippen molar-refractivity contribution in [2.45, 2.75) is 29.5 Å². The van der Waals surface area contributed by atoms with Crippen molar-refractivity contribution in [1.29, 1.82) is 0 Å². The average Bonchev–Trinajstić information content (AvgIpc) is 3.15. The van der Waals surface area contributed by atoms with Gasteiger partial charge in [0.25, 0.3) is 5.91 Å². The maximum absolute atomic E-state index is 12.1. The molecule has 0 unspecified atom stereocenters. The van der Waals surface area contributed by atoms with Crippen LogP contribution in [0.3, 0.4) is 0 Å². The molecule has 8 heteroatoms. The van der Waals surface area contributed by atoms with Crippen LogP contribution in [0.1, 0.15) is 25.1 Å². The molecule has 1 aromatic heterocycles. The molecule has 0 saturated carbocycles. The second-order valence-corrected chi connectivity index (χ2v) is 7.01. The van der Waals surface area contributed by atoms with Gasteiger partial charge >= 0.3 is 5.97 Å². The van der Waals surface area contributed by atoms with E-state index in [1.807, 2.05) is 18.2 Å². The molecular formula is C18H18N2O5S. The molecule has 0 spiro atoms. The van der Waals surface area contributed by atoms with Gasteiger partial charge in [-0.05, 0) is 31.2 Å². The van der Waals surface area contributed by atoms with Gasteiger partial charge in [0, 0.05) is 4.90 Å². The van der Waals surface area contributed by atoms with Crippen molar-refractivity contribution < 1.29 is 23.5 Å². The van der Waals surface area contributed by atoms with E-state index in [-0.39, 0.29) is 18.4 Å². The SMILES string of the molecule is C[C@H](NC(=O)COC(=O)C[C@H]1Sc2ccccc2NC1=O)c1ccco1. The molecular weight excluding hydrogens is 356 g/mol. The molecule has 1 aliphatic heterocycles. The molecule has 0 bridgehead atoms. The highest BCUT2D eigenvalue weighted by atomic mass is 32.2. The Labute approximate surface area is 154 Å². The van der Waals surface area contributed by atoms with Crippen LogP contribution in [0.4, 0.5) is 5.69 Å². The number of furan rings is 1. The third-order valence-electron chi connectivity index (χ3n) is 3.77. The number of carbonyl (C=O) groups excluding carboxylic acids is 3. The van der Waals surface area contributed by atoms with E-state index >= 15 is 0 Å². The monoisotopic (exact) mass is 374 g/mol. The molecule has 2 heterocycles. The Balaban J connectivity index is 1.45. The quantitative estimate of drug-likeness (QED) is 0.754. The minimum absolute atomic E-state index is 0.105. The first kappa shape index (κ1) is 18.1. The van der Waals surface area contributed by atoms with E-state index in [2.05, 4.69) is 10.6 Å². The molecule has 0 aliphatic carbocycles. The standard InChI is InChI=1S/C18H18N2O5S/c1-11(13-6-4-8-24-13)19-16(21)10-25-17(22)9-15-18(23)20-12-5-2-3-7-14(12)26-15/h2-8,11,15H,9-10H2,1H3,(H,19,21)(H,20,23)/t11-,15+/m0/s1. The number of ether oxygens (including phenoxy) is 1. The van der Waals surface area contributed by atoms with Gasteiger partial charge in [-0.3, -0.25) is 14.4 Å². The average molecular weight is 374 g/mol. The van der Waals surface area contributed by atoms with Gasteiger partial charge in [0.15, 0.2) is 6.61 Å². The van der Waals surface area contributed by atoms with E-state index in [1.165, 1.54) is 18.0 Å². The Bertz CT molecular complexity index is 806. The zero-order valence-electron chi connectivity index (χ0n) is 14.1. The molecule has 7 nitrogen and oxygen atoms in total. The highest BCUT2D eigenvalue weighted by Gasteiger charge is 2.29. The summed E-state index contributed by atoms with van der Waals surface area (Å²) in [4.78, 5) is 36.8. The highest BCUT2D eigenvalue weighted by Crippen LogP contribution is 2.36. The van der Waals surface area contributed by atoms with Gasteiger partial charge in [0.2, 0.25) is 5.91 Å². The van der Waals surface area contributed by atoms with Gasteiger partial charge in [-0.1, -0.05) is 12.1 Å². The summed E-state index contributed by atoms with van der Waals surface area (Å²) in [6, 6.07) is 10.5. The molecule has 1 aromatic carbocycles. The lowest BCUT2D eigenvalue weighted by Crippen LogP contribution is -2.33. The zero-order chi connectivity index (χ0) is 18.5. The third kappa shape index (κ3) is 4.45. The van der Waals surface area contributed by atoms with Crippen LogP contribution in [0.5, 0.6) is 0 Å². The predicted octanol–water partition coefficient (Wildman–Crippen LogP) is 2.50. The number of hydrogen-bond acceptors (Lipinski definition) is 6. The summed E-state index contributed by atoms with van der Waals surface area (Å²) in [5, 5.41) is 4.85. The second kappa shape index (κ2) is 8.09. The van der Waals surface area contributed by atoms with Gasteiger partial charge < -0.3 is 19.8 Å². The lowest BCUT2D eigenvalue weighted by Gasteiger charge is -2.23. The van der Waals surface area contributed by atoms with E-state index in [0.29, 0.717) is 5.76 Å². The summed E-state index contributed by atoms with van der Waals surface area (Å²) in [6.07, 6.45) is 1.41. The van der Waals surface area contributed by atoms with E-state index in [1.54, 1.807) is 25.1 Å². The molecule has 26 heavy (non-hydrogen) atoms. The van der Waals surface area contributed by atoms with Gasteiger partial charge in [0.1, 0.15) is 5.76 Å². The molecule has 2 atom stereocenters. The topological polar surface area (TPSA) is 97.6 Å². The number of esters is 1. The van der Waals surface area contributed by atoms with Gasteiger partial charge in [-0.2, -0.15) is 0 Å². The smallest absolute Gasteiger partial charge is 0.307 e. The fourth-order valence-corrected chi connectivity index (χ4v) is 3.57. The Kier molecular flexibility index (Phi) is 5.62. The number of rotatable bonds is 6. The lowest BCUT2D eigenvalue weighted by molar-refractivity contribution is -0.149. The van der Waals surface area contributed by atoms with Crippen LogP contribution >= 0.6 is 11.8 Å². The molecule has 0 saturated heterocycles. The van der Waals surface area contributed by atoms with Crippen molar-refractivity contribution in [2.24, 2.45) is 0 Å². The maximum atomic E-state index is 12.1. The number of anilines is 1. The van der Waals surface area contributed by atoms with Crippen LogP contribution < -0.4 is 10.6 Å². The summed E-state index contributed by atoms with van der Waals surface area (Å²) in [6.45, 7) is 1.36. The van der Waals surface area contributed by atoms with Crippen LogP contribution in [0.25, 0.3) is 0 Å². The number of thioether (sulfide) groups is 1. The number of amides is 2. The van der Waals surface area contributed by atoms with E-state index < -0.39 is 23.7 Å². The van der Waals surface area contributed by atoms with E-state index in [0.717, 1.165) is 10.6 Å². The zero-order valence-corrected chi connectivity index (χ0v) is 14.9. The van der Waals surface area contributed by atoms with Gasteiger partial charge in [0.05, 0.1) is 29.7 Å². The molecule has 2 aromatic rings.